The summed E-state index contributed by atoms with van der Waals surface area (Å²) < 4.78 is 5.14. The van der Waals surface area contributed by atoms with E-state index in [1.807, 2.05) is 4.90 Å². The number of hydrogen-bond acceptors (Lipinski definition) is 3. The van der Waals surface area contributed by atoms with E-state index >= 15 is 0 Å². The lowest BCUT2D eigenvalue weighted by Gasteiger charge is -2.22. The summed E-state index contributed by atoms with van der Waals surface area (Å²) in [5.74, 6) is -0.504. The number of carboxylic acid groups (broad SMARTS) is 1. The minimum Gasteiger partial charge on any atom is -0.478 e. The predicted octanol–water partition coefficient (Wildman–Crippen LogP) is 2.51. The molecule has 0 aliphatic carbocycles. The third kappa shape index (κ3) is 2.60. The number of nitrogens with zero attached hydrogens (tertiary/aromatic N) is 1. The second kappa shape index (κ2) is 5.59. The lowest BCUT2D eigenvalue weighted by Crippen LogP contribution is -2.23. The Hall–Kier alpha value is -1.26. The summed E-state index contributed by atoms with van der Waals surface area (Å²) in [7, 11) is 1.68. The molecule has 4 nitrogen and oxygen atoms in total. The zero-order chi connectivity index (χ0) is 13.1. The molecule has 0 amide bonds. The molecule has 1 aromatic rings. The fourth-order valence-electron chi connectivity index (χ4n) is 2.42. The maximum Gasteiger partial charge on any atom is 0.337 e. The third-order valence-electron chi connectivity index (χ3n) is 3.22. The predicted molar refractivity (Wildman–Crippen MR) is 70.6 cm³/mol. The van der Waals surface area contributed by atoms with Crippen LogP contribution in [0, 0.1) is 5.92 Å². The standard InChI is InChI=1S/C13H16ClNO3/c1-18-8-9-5-6-15(7-9)12-10(13(16)17)3-2-4-11(12)14/h2-4,9H,5-8H2,1H3,(H,16,17). The van der Waals surface area contributed by atoms with Crippen LogP contribution in [0.1, 0.15) is 16.8 Å². The monoisotopic (exact) mass is 269 g/mol. The fourth-order valence-corrected chi connectivity index (χ4v) is 2.71. The summed E-state index contributed by atoms with van der Waals surface area (Å²) in [5, 5.41) is 9.70. The molecule has 0 saturated carbocycles. The van der Waals surface area contributed by atoms with Gasteiger partial charge in [-0.25, -0.2) is 4.79 Å². The van der Waals surface area contributed by atoms with Gasteiger partial charge in [-0.2, -0.15) is 0 Å². The van der Waals surface area contributed by atoms with E-state index in [1.165, 1.54) is 0 Å². The normalized spacial score (nSPS) is 19.2. The van der Waals surface area contributed by atoms with Crippen molar-refractivity contribution in [2.45, 2.75) is 6.42 Å². The van der Waals surface area contributed by atoms with Crippen LogP contribution in [0.3, 0.4) is 0 Å². The van der Waals surface area contributed by atoms with Crippen molar-refractivity contribution in [1.29, 1.82) is 0 Å². The van der Waals surface area contributed by atoms with Gasteiger partial charge in [-0.15, -0.1) is 0 Å². The first kappa shape index (κ1) is 13.2. The van der Waals surface area contributed by atoms with Gasteiger partial charge in [-0.1, -0.05) is 17.7 Å². The number of hydrogen-bond donors (Lipinski definition) is 1. The van der Waals surface area contributed by atoms with Crippen molar-refractivity contribution in [2.75, 3.05) is 31.7 Å². The fraction of sp³-hybridized carbons (Fsp3) is 0.462. The molecule has 0 radical (unpaired) electrons. The Morgan fingerprint density at radius 3 is 3.06 bits per heavy atom. The molecule has 5 heteroatoms. The Morgan fingerprint density at radius 2 is 2.39 bits per heavy atom. The Kier molecular flexibility index (Phi) is 4.09. The number of benzene rings is 1. The first-order valence-corrected chi connectivity index (χ1v) is 6.27. The number of methoxy groups -OCH3 is 1. The number of halogens is 1. The average Bonchev–Trinajstić information content (AvgIpc) is 2.77. The smallest absolute Gasteiger partial charge is 0.337 e. The molecule has 1 saturated heterocycles. The molecule has 1 aliphatic rings. The van der Waals surface area contributed by atoms with Gasteiger partial charge >= 0.3 is 5.97 Å². The largest absolute Gasteiger partial charge is 0.478 e. The van der Waals surface area contributed by atoms with Crippen LogP contribution in [0.15, 0.2) is 18.2 Å². The van der Waals surface area contributed by atoms with Gasteiger partial charge in [0.15, 0.2) is 0 Å². The van der Waals surface area contributed by atoms with Crippen molar-refractivity contribution in [3.63, 3.8) is 0 Å². The van der Waals surface area contributed by atoms with Crippen molar-refractivity contribution >= 4 is 23.3 Å². The highest BCUT2D eigenvalue weighted by Crippen LogP contribution is 2.33. The van der Waals surface area contributed by atoms with Gasteiger partial charge in [0.1, 0.15) is 0 Å². The highest BCUT2D eigenvalue weighted by Gasteiger charge is 2.27. The Balaban J connectivity index is 2.26. The molecule has 0 bridgehead atoms. The lowest BCUT2D eigenvalue weighted by molar-refractivity contribution is 0.0697. The van der Waals surface area contributed by atoms with Crippen molar-refractivity contribution in [3.8, 4) is 0 Å². The second-order valence-electron chi connectivity index (χ2n) is 4.50. The summed E-state index contributed by atoms with van der Waals surface area (Å²) in [6, 6.07) is 4.98. The first-order chi connectivity index (χ1) is 8.63. The minimum atomic E-state index is -0.942. The number of anilines is 1. The van der Waals surface area contributed by atoms with Crippen LogP contribution < -0.4 is 4.90 Å². The van der Waals surface area contributed by atoms with Gasteiger partial charge in [-0.05, 0) is 18.6 Å². The SMILES string of the molecule is COCC1CCN(c2c(Cl)cccc2C(=O)O)C1. The lowest BCUT2D eigenvalue weighted by atomic mass is 10.1. The summed E-state index contributed by atoms with van der Waals surface area (Å²) in [6.07, 6.45) is 0.998. The molecule has 1 aliphatic heterocycles. The summed E-state index contributed by atoms with van der Waals surface area (Å²) in [4.78, 5) is 13.3. The van der Waals surface area contributed by atoms with Gasteiger partial charge in [0.2, 0.25) is 0 Å². The van der Waals surface area contributed by atoms with E-state index in [-0.39, 0.29) is 5.56 Å². The van der Waals surface area contributed by atoms with E-state index < -0.39 is 5.97 Å². The number of aromatic carboxylic acids is 1. The molecule has 1 atom stereocenters. The van der Waals surface area contributed by atoms with Crippen LogP contribution in [0.2, 0.25) is 5.02 Å². The van der Waals surface area contributed by atoms with E-state index in [0.29, 0.717) is 23.2 Å². The van der Waals surface area contributed by atoms with Crippen LogP contribution in [0.4, 0.5) is 5.69 Å². The number of carbonyl (C=O) groups is 1. The van der Waals surface area contributed by atoms with Gasteiger partial charge in [0.25, 0.3) is 0 Å². The van der Waals surface area contributed by atoms with Gasteiger partial charge in [0.05, 0.1) is 22.9 Å². The molecule has 18 heavy (non-hydrogen) atoms. The zero-order valence-corrected chi connectivity index (χ0v) is 11.0. The van der Waals surface area contributed by atoms with Crippen LogP contribution in [0.5, 0.6) is 0 Å². The van der Waals surface area contributed by atoms with E-state index in [9.17, 15) is 9.90 Å². The highest BCUT2D eigenvalue weighted by molar-refractivity contribution is 6.34. The Labute approximate surface area is 111 Å². The molecule has 98 valence electrons. The van der Waals surface area contributed by atoms with E-state index in [4.69, 9.17) is 16.3 Å². The molecule has 1 heterocycles. The molecule has 2 rings (SSSR count). The van der Waals surface area contributed by atoms with Gasteiger partial charge in [-0.3, -0.25) is 0 Å². The summed E-state index contributed by atoms with van der Waals surface area (Å²) in [6.45, 7) is 2.30. The quantitative estimate of drug-likeness (QED) is 0.912. The average molecular weight is 270 g/mol. The number of ether oxygens (including phenoxy) is 1. The number of rotatable bonds is 4. The van der Waals surface area contributed by atoms with E-state index in [1.54, 1.807) is 25.3 Å². The van der Waals surface area contributed by atoms with Crippen molar-refractivity contribution in [1.82, 2.24) is 0 Å². The third-order valence-corrected chi connectivity index (χ3v) is 3.53. The van der Waals surface area contributed by atoms with E-state index in [2.05, 4.69) is 0 Å². The van der Waals surface area contributed by atoms with Crippen LogP contribution in [-0.2, 0) is 4.74 Å². The molecule has 1 unspecified atom stereocenters. The topological polar surface area (TPSA) is 49.8 Å². The highest BCUT2D eigenvalue weighted by atomic mass is 35.5. The van der Waals surface area contributed by atoms with Crippen molar-refractivity contribution in [3.05, 3.63) is 28.8 Å². The minimum absolute atomic E-state index is 0.264. The maximum absolute atomic E-state index is 11.2. The van der Waals surface area contributed by atoms with Crippen LogP contribution >= 0.6 is 11.6 Å². The molecular weight excluding hydrogens is 254 g/mol. The Bertz CT molecular complexity index is 450. The second-order valence-corrected chi connectivity index (χ2v) is 4.90. The molecule has 0 aromatic heterocycles. The van der Waals surface area contributed by atoms with Crippen LogP contribution in [0.25, 0.3) is 0 Å². The zero-order valence-electron chi connectivity index (χ0n) is 10.2. The summed E-state index contributed by atoms with van der Waals surface area (Å²) in [5.41, 5.74) is 0.894. The van der Waals surface area contributed by atoms with E-state index in [0.717, 1.165) is 19.5 Å². The number of carboxylic acids is 1. The molecule has 0 spiro atoms. The first-order valence-electron chi connectivity index (χ1n) is 5.89. The molecular formula is C13H16ClNO3. The van der Waals surface area contributed by atoms with Gasteiger partial charge < -0.3 is 14.7 Å². The Morgan fingerprint density at radius 1 is 1.61 bits per heavy atom. The van der Waals surface area contributed by atoms with Crippen molar-refractivity contribution < 1.29 is 14.6 Å². The summed E-state index contributed by atoms with van der Waals surface area (Å²) >= 11 is 6.14. The molecule has 1 aromatic carbocycles. The van der Waals surface area contributed by atoms with Gasteiger partial charge in [0, 0.05) is 26.1 Å². The molecule has 1 fully saturated rings. The maximum atomic E-state index is 11.2. The van der Waals surface area contributed by atoms with Crippen LogP contribution in [-0.4, -0.2) is 37.9 Å². The number of para-hydroxylation sites is 1. The van der Waals surface area contributed by atoms with Crippen molar-refractivity contribution in [2.24, 2.45) is 5.92 Å². The molecule has 1 N–H and O–H groups in total.